The SMILES string of the molecule is CS(=O)(=O)c1cnc(OC2CCC(OC3CCN(C(=O)OC(CF)CF)CC3)CC2)cn1. The molecular weight excluding hydrogens is 448 g/mol. The standard InChI is InChI=1S/C20H29F2N3O6S/c1-32(27,28)19-13-23-18(12-24-19)30-15-4-2-14(3-5-15)29-16-6-8-25(9-7-16)20(26)31-17(10-21)11-22/h12-17H,2-11H2,1H3. The molecule has 1 saturated heterocycles. The van der Waals surface area contributed by atoms with E-state index in [2.05, 4.69) is 9.97 Å². The lowest BCUT2D eigenvalue weighted by atomic mass is 9.94. The lowest BCUT2D eigenvalue weighted by Gasteiger charge is -2.35. The largest absolute Gasteiger partial charge is 0.473 e. The lowest BCUT2D eigenvalue weighted by molar-refractivity contribution is -0.0668. The van der Waals surface area contributed by atoms with Gasteiger partial charge >= 0.3 is 6.09 Å². The molecule has 32 heavy (non-hydrogen) atoms. The molecule has 1 aromatic heterocycles. The van der Waals surface area contributed by atoms with Gasteiger partial charge in [0.1, 0.15) is 19.5 Å². The van der Waals surface area contributed by atoms with Crippen LogP contribution in [0.4, 0.5) is 13.6 Å². The van der Waals surface area contributed by atoms with Crippen LogP contribution in [0.25, 0.3) is 0 Å². The van der Waals surface area contributed by atoms with Crippen molar-refractivity contribution in [3.8, 4) is 5.88 Å². The van der Waals surface area contributed by atoms with E-state index < -0.39 is 35.4 Å². The Kier molecular flexibility index (Phi) is 8.57. The van der Waals surface area contributed by atoms with E-state index in [0.717, 1.165) is 31.9 Å². The fourth-order valence-corrected chi connectivity index (χ4v) is 4.27. The molecule has 0 radical (unpaired) electrons. The Balaban J connectivity index is 1.36. The number of hydrogen-bond donors (Lipinski definition) is 0. The quantitative estimate of drug-likeness (QED) is 0.562. The number of amides is 1. The van der Waals surface area contributed by atoms with Gasteiger partial charge in [0.15, 0.2) is 21.0 Å². The highest BCUT2D eigenvalue weighted by Gasteiger charge is 2.30. The first kappa shape index (κ1) is 24.6. The molecule has 180 valence electrons. The van der Waals surface area contributed by atoms with E-state index in [0.29, 0.717) is 31.8 Å². The number of carbonyl (C=O) groups is 1. The average molecular weight is 478 g/mol. The number of aromatic nitrogens is 2. The number of piperidine rings is 1. The van der Waals surface area contributed by atoms with Gasteiger partial charge < -0.3 is 19.1 Å². The van der Waals surface area contributed by atoms with E-state index in [1.807, 2.05) is 0 Å². The molecule has 0 N–H and O–H groups in total. The normalized spacial score (nSPS) is 22.7. The van der Waals surface area contributed by atoms with Gasteiger partial charge in [0.2, 0.25) is 5.88 Å². The minimum Gasteiger partial charge on any atom is -0.473 e. The fraction of sp³-hybridized carbons (Fsp3) is 0.750. The van der Waals surface area contributed by atoms with Crippen molar-refractivity contribution in [3.05, 3.63) is 12.4 Å². The van der Waals surface area contributed by atoms with Crippen molar-refractivity contribution < 1.29 is 36.2 Å². The molecule has 1 amide bonds. The van der Waals surface area contributed by atoms with Crippen molar-refractivity contribution in [2.75, 3.05) is 32.7 Å². The zero-order chi connectivity index (χ0) is 23.1. The third kappa shape index (κ3) is 6.96. The Bertz CT molecular complexity index is 837. The highest BCUT2D eigenvalue weighted by molar-refractivity contribution is 7.90. The summed E-state index contributed by atoms with van der Waals surface area (Å²) < 4.78 is 64.7. The monoisotopic (exact) mass is 477 g/mol. The van der Waals surface area contributed by atoms with Gasteiger partial charge in [-0.1, -0.05) is 0 Å². The molecule has 2 aliphatic rings. The van der Waals surface area contributed by atoms with E-state index in [4.69, 9.17) is 14.2 Å². The number of likely N-dealkylation sites (tertiary alicyclic amines) is 1. The molecule has 0 atom stereocenters. The summed E-state index contributed by atoms with van der Waals surface area (Å²) >= 11 is 0. The van der Waals surface area contributed by atoms with Gasteiger partial charge in [-0.3, -0.25) is 0 Å². The number of ether oxygens (including phenoxy) is 3. The Morgan fingerprint density at radius 1 is 1.03 bits per heavy atom. The second-order valence-electron chi connectivity index (χ2n) is 8.12. The summed E-state index contributed by atoms with van der Waals surface area (Å²) in [5.74, 6) is 0.295. The maximum atomic E-state index is 12.5. The van der Waals surface area contributed by atoms with Crippen molar-refractivity contribution >= 4 is 15.9 Å². The minimum absolute atomic E-state index is 0.0223. The number of nitrogens with zero attached hydrogens (tertiary/aromatic N) is 3. The molecular formula is C20H29F2N3O6S. The molecule has 1 aliphatic carbocycles. The molecule has 1 aromatic rings. The van der Waals surface area contributed by atoms with Crippen molar-refractivity contribution in [1.29, 1.82) is 0 Å². The van der Waals surface area contributed by atoms with Gasteiger partial charge in [-0.05, 0) is 38.5 Å². The maximum Gasteiger partial charge on any atom is 0.410 e. The average Bonchev–Trinajstić information content (AvgIpc) is 2.79. The number of carbonyl (C=O) groups excluding carboxylic acids is 1. The lowest BCUT2D eigenvalue weighted by Crippen LogP contribution is -2.44. The molecule has 1 saturated carbocycles. The first-order chi connectivity index (χ1) is 15.3. The van der Waals surface area contributed by atoms with Gasteiger partial charge in [-0.15, -0.1) is 0 Å². The number of hydrogen-bond acceptors (Lipinski definition) is 8. The van der Waals surface area contributed by atoms with Gasteiger partial charge in [0.05, 0.1) is 24.6 Å². The van der Waals surface area contributed by atoms with Crippen LogP contribution in [0, 0.1) is 0 Å². The van der Waals surface area contributed by atoms with Crippen LogP contribution in [0.2, 0.25) is 0 Å². The van der Waals surface area contributed by atoms with Crippen LogP contribution in [0.5, 0.6) is 5.88 Å². The molecule has 9 nitrogen and oxygen atoms in total. The molecule has 0 aromatic carbocycles. The summed E-state index contributed by atoms with van der Waals surface area (Å²) in [6, 6.07) is 0. The summed E-state index contributed by atoms with van der Waals surface area (Å²) in [6.07, 6.45) is 6.11. The number of sulfone groups is 1. The third-order valence-corrected chi connectivity index (χ3v) is 6.56. The highest BCUT2D eigenvalue weighted by Crippen LogP contribution is 2.27. The highest BCUT2D eigenvalue weighted by atomic mass is 32.2. The summed E-state index contributed by atoms with van der Waals surface area (Å²) in [5.41, 5.74) is 0. The Labute approximate surface area is 186 Å². The topological polar surface area (TPSA) is 108 Å². The van der Waals surface area contributed by atoms with Crippen LogP contribution in [0.1, 0.15) is 38.5 Å². The first-order valence-electron chi connectivity index (χ1n) is 10.7. The third-order valence-electron chi connectivity index (χ3n) is 5.59. The Hall–Kier alpha value is -2.08. The second kappa shape index (κ2) is 11.2. The van der Waals surface area contributed by atoms with Crippen molar-refractivity contribution in [2.45, 2.75) is 68.0 Å². The van der Waals surface area contributed by atoms with Crippen LogP contribution in [-0.4, -0.2) is 86.5 Å². The van der Waals surface area contributed by atoms with Crippen molar-refractivity contribution in [3.63, 3.8) is 0 Å². The molecule has 3 rings (SSSR count). The second-order valence-corrected chi connectivity index (χ2v) is 10.1. The smallest absolute Gasteiger partial charge is 0.410 e. The van der Waals surface area contributed by atoms with Gasteiger partial charge in [0.25, 0.3) is 0 Å². The van der Waals surface area contributed by atoms with E-state index in [1.165, 1.54) is 17.3 Å². The molecule has 1 aliphatic heterocycles. The molecule has 2 heterocycles. The number of rotatable bonds is 8. The first-order valence-corrected chi connectivity index (χ1v) is 12.6. The van der Waals surface area contributed by atoms with Crippen LogP contribution in [0.3, 0.4) is 0 Å². The zero-order valence-electron chi connectivity index (χ0n) is 18.0. The Morgan fingerprint density at radius 2 is 1.62 bits per heavy atom. The van der Waals surface area contributed by atoms with Crippen LogP contribution in [-0.2, 0) is 19.3 Å². The minimum atomic E-state index is -3.39. The number of halogens is 2. The van der Waals surface area contributed by atoms with Gasteiger partial charge in [-0.2, -0.15) is 0 Å². The summed E-state index contributed by atoms with van der Waals surface area (Å²) in [7, 11) is -3.39. The molecule has 2 fully saturated rings. The summed E-state index contributed by atoms with van der Waals surface area (Å²) in [6.45, 7) is -1.22. The van der Waals surface area contributed by atoms with Crippen LogP contribution >= 0.6 is 0 Å². The number of alkyl halides is 2. The van der Waals surface area contributed by atoms with Crippen molar-refractivity contribution in [1.82, 2.24) is 14.9 Å². The van der Waals surface area contributed by atoms with Crippen molar-refractivity contribution in [2.24, 2.45) is 0 Å². The molecule has 12 heteroatoms. The summed E-state index contributed by atoms with van der Waals surface area (Å²) in [5, 5.41) is -0.0917. The maximum absolute atomic E-state index is 12.5. The van der Waals surface area contributed by atoms with Gasteiger partial charge in [0, 0.05) is 19.3 Å². The molecule has 0 unspecified atom stereocenters. The molecule has 0 spiro atoms. The molecule has 0 bridgehead atoms. The van der Waals surface area contributed by atoms with E-state index in [1.54, 1.807) is 0 Å². The van der Waals surface area contributed by atoms with Gasteiger partial charge in [-0.25, -0.2) is 32.0 Å². The van der Waals surface area contributed by atoms with E-state index in [-0.39, 0.29) is 23.3 Å². The predicted octanol–water partition coefficient (Wildman–Crippen LogP) is 2.50. The zero-order valence-corrected chi connectivity index (χ0v) is 18.8. The van der Waals surface area contributed by atoms with E-state index >= 15 is 0 Å². The van der Waals surface area contributed by atoms with E-state index in [9.17, 15) is 22.0 Å². The predicted molar refractivity (Wildman–Crippen MR) is 110 cm³/mol. The van der Waals surface area contributed by atoms with Crippen LogP contribution < -0.4 is 4.74 Å². The Morgan fingerprint density at radius 3 is 2.16 bits per heavy atom. The fourth-order valence-electron chi connectivity index (χ4n) is 3.78. The summed E-state index contributed by atoms with van der Waals surface area (Å²) in [4.78, 5) is 21.3. The van der Waals surface area contributed by atoms with Crippen LogP contribution in [0.15, 0.2) is 17.4 Å².